The number of hydrogen-bond donors (Lipinski definition) is 0. The van der Waals surface area contributed by atoms with Gasteiger partial charge in [0.15, 0.2) is 17.6 Å². The van der Waals surface area contributed by atoms with Crippen molar-refractivity contribution in [1.82, 2.24) is 4.98 Å². The zero-order chi connectivity index (χ0) is 11.8. The largest absolute Gasteiger partial charge is 0.485 e. The summed E-state index contributed by atoms with van der Waals surface area (Å²) < 4.78 is 11.6. The minimum Gasteiger partial charge on any atom is -0.485 e. The topological polar surface area (TPSA) is 31.4 Å². The Kier molecular flexibility index (Phi) is 2.52. The predicted molar refractivity (Wildman–Crippen MR) is 65.7 cm³/mol. The van der Waals surface area contributed by atoms with Gasteiger partial charge >= 0.3 is 0 Å². The first-order valence-corrected chi connectivity index (χ1v) is 6.29. The van der Waals surface area contributed by atoms with Crippen LogP contribution < -0.4 is 9.47 Å². The molecule has 1 aliphatic rings. The first kappa shape index (κ1) is 10.6. The Labute approximate surface area is 104 Å². The Morgan fingerprint density at radius 2 is 2.29 bits per heavy atom. The number of ether oxygens (including phenoxy) is 2. The first-order valence-electron chi connectivity index (χ1n) is 5.47. The van der Waals surface area contributed by atoms with E-state index in [2.05, 4.69) is 11.1 Å². The predicted octanol–water partition coefficient (Wildman–Crippen LogP) is 3.07. The van der Waals surface area contributed by atoms with E-state index in [1.807, 2.05) is 26.0 Å². The maximum Gasteiger partial charge on any atom is 0.169 e. The molecule has 0 saturated carbocycles. The number of benzene rings is 1. The van der Waals surface area contributed by atoms with E-state index in [-0.39, 0.29) is 6.10 Å². The highest BCUT2D eigenvalue weighted by atomic mass is 32.1. The minimum atomic E-state index is -0.0453. The van der Waals surface area contributed by atoms with Gasteiger partial charge < -0.3 is 9.47 Å². The van der Waals surface area contributed by atoms with Gasteiger partial charge in [0.25, 0.3) is 0 Å². The van der Waals surface area contributed by atoms with Crippen molar-refractivity contribution in [2.45, 2.75) is 20.0 Å². The van der Waals surface area contributed by atoms with Crippen LogP contribution in [0.5, 0.6) is 11.5 Å². The zero-order valence-electron chi connectivity index (χ0n) is 9.69. The molecule has 0 N–H and O–H groups in total. The van der Waals surface area contributed by atoms with Gasteiger partial charge in [-0.1, -0.05) is 6.07 Å². The summed E-state index contributed by atoms with van der Waals surface area (Å²) in [7, 11) is 0. The molecule has 1 aromatic heterocycles. The normalized spacial score (nSPS) is 18.1. The highest BCUT2D eigenvalue weighted by Crippen LogP contribution is 2.38. The summed E-state index contributed by atoms with van der Waals surface area (Å²) in [5, 5.41) is 1.06. The average Bonchev–Trinajstić information content (AvgIpc) is 2.68. The number of nitrogens with zero attached hydrogens (tertiary/aromatic N) is 1. The van der Waals surface area contributed by atoms with E-state index < -0.39 is 0 Å². The number of thiazole rings is 1. The molecule has 0 aliphatic carbocycles. The maximum absolute atomic E-state index is 5.94. The van der Waals surface area contributed by atoms with Crippen LogP contribution in [0.3, 0.4) is 0 Å². The lowest BCUT2D eigenvalue weighted by molar-refractivity contribution is 0.0931. The first-order chi connectivity index (χ1) is 8.24. The molecule has 0 saturated heterocycles. The van der Waals surface area contributed by atoms with Crippen LogP contribution in [0.2, 0.25) is 0 Å². The van der Waals surface area contributed by atoms with Crippen molar-refractivity contribution in [3.8, 4) is 11.5 Å². The van der Waals surface area contributed by atoms with Gasteiger partial charge in [0, 0.05) is 0 Å². The number of rotatable bonds is 1. The Hall–Kier alpha value is -1.55. The average molecular weight is 246 g/mol. The molecule has 0 amide bonds. The molecule has 3 nitrogen and oxygen atoms in total. The van der Waals surface area contributed by atoms with E-state index in [1.54, 1.807) is 17.4 Å². The minimum absolute atomic E-state index is 0.0453. The molecule has 1 radical (unpaired) electrons. The van der Waals surface area contributed by atoms with E-state index in [9.17, 15) is 0 Å². The number of hydrogen-bond acceptors (Lipinski definition) is 4. The third kappa shape index (κ3) is 1.89. The molecule has 1 aliphatic heterocycles. The summed E-state index contributed by atoms with van der Waals surface area (Å²) in [6.45, 7) is 4.55. The molecule has 1 atom stereocenters. The Balaban J connectivity index is 1.92. The van der Waals surface area contributed by atoms with Gasteiger partial charge in [-0.15, -0.1) is 11.3 Å². The van der Waals surface area contributed by atoms with Gasteiger partial charge in [0.05, 0.1) is 15.6 Å². The standard InChI is InChI=1S/C13H12NO2S/c1-8-13(17-9(2)14-8)12-7-15-10-5-3-4-6-11(10)16-12/h4-6,12H,7H2,1-2H3. The fraction of sp³-hybridized carbons (Fsp3) is 0.308. The van der Waals surface area contributed by atoms with Crippen molar-refractivity contribution >= 4 is 11.3 Å². The van der Waals surface area contributed by atoms with Crippen LogP contribution >= 0.6 is 11.3 Å². The summed E-state index contributed by atoms with van der Waals surface area (Å²) in [4.78, 5) is 5.57. The molecule has 1 unspecified atom stereocenters. The summed E-state index contributed by atoms with van der Waals surface area (Å²) in [6, 6.07) is 8.49. The maximum atomic E-state index is 5.94. The molecular formula is C13H12NO2S. The molecule has 4 heteroatoms. The second-order valence-corrected chi connectivity index (χ2v) is 5.21. The summed E-state index contributed by atoms with van der Waals surface area (Å²) in [5.41, 5.74) is 1.03. The summed E-state index contributed by atoms with van der Waals surface area (Å²) in [6.07, 6.45) is -0.0453. The van der Waals surface area contributed by atoms with Crippen LogP contribution in [0.4, 0.5) is 0 Å². The van der Waals surface area contributed by atoms with E-state index >= 15 is 0 Å². The van der Waals surface area contributed by atoms with Gasteiger partial charge in [-0.2, -0.15) is 0 Å². The highest BCUT2D eigenvalue weighted by Gasteiger charge is 2.25. The van der Waals surface area contributed by atoms with Crippen molar-refractivity contribution in [2.75, 3.05) is 6.61 Å². The SMILES string of the molecule is Cc1nc(C)c(C2COc3c[c]ccc3O2)s1. The zero-order valence-corrected chi connectivity index (χ0v) is 10.5. The molecule has 3 rings (SSSR count). The molecule has 2 aromatic rings. The summed E-state index contributed by atoms with van der Waals surface area (Å²) in [5.74, 6) is 1.55. The van der Waals surface area contributed by atoms with Gasteiger partial charge in [0.2, 0.25) is 0 Å². The van der Waals surface area contributed by atoms with Crippen molar-refractivity contribution in [1.29, 1.82) is 0 Å². The van der Waals surface area contributed by atoms with Crippen LogP contribution in [0.15, 0.2) is 18.2 Å². The van der Waals surface area contributed by atoms with Gasteiger partial charge in [-0.3, -0.25) is 0 Å². The Morgan fingerprint density at radius 3 is 3.06 bits per heavy atom. The van der Waals surface area contributed by atoms with Crippen LogP contribution in [-0.2, 0) is 0 Å². The van der Waals surface area contributed by atoms with Crippen LogP contribution in [0.1, 0.15) is 21.7 Å². The lowest BCUT2D eigenvalue weighted by Gasteiger charge is -2.25. The summed E-state index contributed by atoms with van der Waals surface area (Å²) >= 11 is 1.67. The Morgan fingerprint density at radius 1 is 1.41 bits per heavy atom. The van der Waals surface area contributed by atoms with Gasteiger partial charge in [-0.05, 0) is 32.0 Å². The van der Waals surface area contributed by atoms with Crippen LogP contribution in [0, 0.1) is 19.9 Å². The fourth-order valence-electron chi connectivity index (χ4n) is 1.94. The van der Waals surface area contributed by atoms with Crippen molar-refractivity contribution in [3.63, 3.8) is 0 Å². The molecule has 0 bridgehead atoms. The van der Waals surface area contributed by atoms with E-state index in [0.717, 1.165) is 27.1 Å². The molecular weight excluding hydrogens is 234 g/mol. The number of aromatic nitrogens is 1. The van der Waals surface area contributed by atoms with Crippen LogP contribution in [-0.4, -0.2) is 11.6 Å². The van der Waals surface area contributed by atoms with E-state index in [0.29, 0.717) is 6.61 Å². The van der Waals surface area contributed by atoms with Crippen LogP contribution in [0.25, 0.3) is 0 Å². The molecule has 0 fully saturated rings. The third-order valence-electron chi connectivity index (χ3n) is 2.68. The van der Waals surface area contributed by atoms with Gasteiger partial charge in [0.1, 0.15) is 6.61 Å². The van der Waals surface area contributed by atoms with E-state index in [4.69, 9.17) is 9.47 Å². The second-order valence-electron chi connectivity index (χ2n) is 3.97. The molecule has 2 heterocycles. The van der Waals surface area contributed by atoms with E-state index in [1.165, 1.54) is 0 Å². The molecule has 1 aromatic carbocycles. The fourth-order valence-corrected chi connectivity index (χ4v) is 2.88. The second kappa shape index (κ2) is 4.04. The van der Waals surface area contributed by atoms with Crippen molar-refractivity contribution < 1.29 is 9.47 Å². The number of fused-ring (bicyclic) bond motifs is 1. The Bertz CT molecular complexity index is 550. The quantitative estimate of drug-likeness (QED) is 0.775. The molecule has 87 valence electrons. The van der Waals surface area contributed by atoms with Crippen molar-refractivity contribution in [3.05, 3.63) is 39.8 Å². The monoisotopic (exact) mass is 246 g/mol. The highest BCUT2D eigenvalue weighted by molar-refractivity contribution is 7.11. The number of aryl methyl sites for hydroxylation is 2. The van der Waals surface area contributed by atoms with Crippen molar-refractivity contribution in [2.24, 2.45) is 0 Å². The molecule has 17 heavy (non-hydrogen) atoms. The molecule has 0 spiro atoms. The van der Waals surface area contributed by atoms with Gasteiger partial charge in [-0.25, -0.2) is 4.98 Å². The smallest absolute Gasteiger partial charge is 0.169 e. The lowest BCUT2D eigenvalue weighted by atomic mass is 10.2. The lowest BCUT2D eigenvalue weighted by Crippen LogP contribution is -2.21. The third-order valence-corrected chi connectivity index (χ3v) is 3.84.